The third kappa shape index (κ3) is 9.35. The molecule has 3 heterocycles. The van der Waals surface area contributed by atoms with E-state index in [1.807, 2.05) is 18.3 Å². The summed E-state index contributed by atoms with van der Waals surface area (Å²) < 4.78 is 9.01. The minimum atomic E-state index is -0.232. The molecule has 9 aromatic rings. The summed E-state index contributed by atoms with van der Waals surface area (Å²) in [6.45, 7) is 29.8. The van der Waals surface area contributed by atoms with E-state index in [9.17, 15) is 0 Å². The molecule has 2 aromatic heterocycles. The Balaban J connectivity index is 0.00000624. The van der Waals surface area contributed by atoms with Crippen LogP contribution < -0.4 is 14.5 Å². The van der Waals surface area contributed by atoms with Crippen molar-refractivity contribution in [1.29, 1.82) is 0 Å². The van der Waals surface area contributed by atoms with E-state index in [4.69, 9.17) is 9.72 Å². The zero-order valence-corrected chi connectivity index (χ0v) is 45.5. The first-order chi connectivity index (χ1) is 33.4. The Morgan fingerprint density at radius 3 is 1.86 bits per heavy atom. The summed E-state index contributed by atoms with van der Waals surface area (Å²) in [7, 11) is 0. The van der Waals surface area contributed by atoms with Crippen molar-refractivity contribution in [3.05, 3.63) is 210 Å². The Bertz CT molecular complexity index is 3350. The van der Waals surface area contributed by atoms with Gasteiger partial charge in [-0.2, -0.15) is 12.1 Å². The Labute approximate surface area is 436 Å². The molecular formula is C65H65N4OPt-3. The molecule has 0 aliphatic carbocycles. The van der Waals surface area contributed by atoms with Gasteiger partial charge in [0.2, 0.25) is 0 Å². The predicted octanol–water partition coefficient (Wildman–Crippen LogP) is 17.8. The van der Waals surface area contributed by atoms with Crippen molar-refractivity contribution >= 4 is 44.6 Å². The molecule has 7 aromatic carbocycles. The SMILES string of the molecule is CC(C)c1cccc(C(C)C)c1-c1ccc2c(c1)N(c1[c-]c(Oc3[c-]c4c(cc3)c3ccccc3n4-c3cc(C(C)(C)c4ccccc4)ccn3)ccc1)[CH-]N2c1cc(C(C)(C)C)cc(C(C)(C)C)c1.[Pt]. The average Bonchev–Trinajstić information content (AvgIpc) is 3.89. The molecule has 0 spiro atoms. The third-order valence-corrected chi connectivity index (χ3v) is 14.3. The van der Waals surface area contributed by atoms with E-state index in [0.717, 1.165) is 50.4 Å². The largest absolute Gasteiger partial charge is 0.509 e. The van der Waals surface area contributed by atoms with Gasteiger partial charge in [0, 0.05) is 66.8 Å². The second-order valence-electron chi connectivity index (χ2n) is 22.3. The minimum Gasteiger partial charge on any atom is -0.509 e. The molecule has 0 radical (unpaired) electrons. The monoisotopic (exact) mass is 1110 g/mol. The number of aromatic nitrogens is 2. The number of hydrogen-bond donors (Lipinski definition) is 0. The summed E-state index contributed by atoms with van der Waals surface area (Å²) in [5.41, 5.74) is 16.2. The quantitative estimate of drug-likeness (QED) is 0.128. The van der Waals surface area contributed by atoms with E-state index in [2.05, 4.69) is 256 Å². The molecule has 0 saturated carbocycles. The van der Waals surface area contributed by atoms with Crippen LogP contribution in [0.25, 0.3) is 38.8 Å². The maximum absolute atomic E-state index is 6.79. The van der Waals surface area contributed by atoms with Gasteiger partial charge < -0.3 is 19.1 Å². The maximum atomic E-state index is 6.79. The maximum Gasteiger partial charge on any atom is 0.135 e. The van der Waals surface area contributed by atoms with Gasteiger partial charge in [-0.25, -0.2) is 4.98 Å². The Kier molecular flexibility index (Phi) is 13.2. The molecule has 0 atom stereocenters. The molecular weight excluding hydrogens is 1050 g/mol. The molecule has 0 bridgehead atoms. The molecule has 0 fully saturated rings. The average molecular weight is 1110 g/mol. The van der Waals surface area contributed by atoms with Crippen molar-refractivity contribution in [2.24, 2.45) is 0 Å². The molecule has 1 aliphatic rings. The zero-order valence-electron chi connectivity index (χ0n) is 43.3. The number of fused-ring (bicyclic) bond motifs is 4. The number of nitrogens with zero attached hydrogens (tertiary/aromatic N) is 4. The van der Waals surface area contributed by atoms with Crippen LogP contribution in [0.5, 0.6) is 11.5 Å². The molecule has 5 nitrogen and oxygen atoms in total. The van der Waals surface area contributed by atoms with Crippen molar-refractivity contribution in [3.8, 4) is 28.4 Å². The van der Waals surface area contributed by atoms with Crippen LogP contribution in [0, 0.1) is 18.8 Å². The van der Waals surface area contributed by atoms with E-state index in [-0.39, 0.29) is 37.3 Å². The van der Waals surface area contributed by atoms with Crippen molar-refractivity contribution in [3.63, 3.8) is 0 Å². The second-order valence-corrected chi connectivity index (χ2v) is 22.3. The van der Waals surface area contributed by atoms with Crippen LogP contribution in [0.3, 0.4) is 0 Å². The van der Waals surface area contributed by atoms with Gasteiger partial charge in [-0.1, -0.05) is 167 Å². The summed E-state index contributed by atoms with van der Waals surface area (Å²) in [6, 6.07) is 62.2. The summed E-state index contributed by atoms with van der Waals surface area (Å²) in [5.74, 6) is 2.76. The van der Waals surface area contributed by atoms with Gasteiger partial charge in [0.05, 0.1) is 0 Å². The number of ether oxygens (including phenoxy) is 1. The minimum absolute atomic E-state index is 0. The third-order valence-electron chi connectivity index (χ3n) is 14.3. The summed E-state index contributed by atoms with van der Waals surface area (Å²) in [4.78, 5) is 9.61. The predicted molar refractivity (Wildman–Crippen MR) is 294 cm³/mol. The normalized spacial score (nSPS) is 13.1. The number of pyridine rings is 1. The number of rotatable bonds is 10. The molecule has 10 rings (SSSR count). The summed E-state index contributed by atoms with van der Waals surface area (Å²) in [5, 5.41) is 2.22. The molecule has 0 N–H and O–H groups in total. The zero-order chi connectivity index (χ0) is 49.3. The summed E-state index contributed by atoms with van der Waals surface area (Å²) in [6.07, 6.45) is 1.92. The van der Waals surface area contributed by atoms with Gasteiger partial charge in [-0.3, -0.25) is 0 Å². The van der Waals surface area contributed by atoms with Crippen LogP contribution in [-0.4, -0.2) is 9.55 Å². The van der Waals surface area contributed by atoms with Crippen LogP contribution in [0.1, 0.15) is 128 Å². The van der Waals surface area contributed by atoms with Gasteiger partial charge >= 0.3 is 0 Å². The molecule has 0 amide bonds. The standard InChI is InChI=1S/C65H65N4O.Pt/c1-42(2)53-25-19-26-54(43(3)4)62(53)44-28-31-58-60(34-44)67(41-68(58)50-36-47(63(5,6)7)35-48(37-50)64(8,9)10)49-22-18-23-51(39-49)70-52-29-30-56-55-24-16-17-27-57(55)69(59(56)40-52)61-38-46(32-33-66-61)65(11,12)45-20-14-13-15-21-45;/h13-38,41-43H,1-12H3;/q-3;. The Morgan fingerprint density at radius 1 is 0.535 bits per heavy atom. The van der Waals surface area contributed by atoms with E-state index in [1.54, 1.807) is 0 Å². The van der Waals surface area contributed by atoms with E-state index < -0.39 is 0 Å². The second kappa shape index (κ2) is 19.0. The van der Waals surface area contributed by atoms with E-state index in [0.29, 0.717) is 23.3 Å². The van der Waals surface area contributed by atoms with Gasteiger partial charge in [0.15, 0.2) is 0 Å². The topological polar surface area (TPSA) is 33.5 Å². The van der Waals surface area contributed by atoms with Gasteiger partial charge in [0.1, 0.15) is 5.82 Å². The Hall–Kier alpha value is -6.42. The van der Waals surface area contributed by atoms with Crippen molar-refractivity contribution in [2.75, 3.05) is 9.80 Å². The van der Waals surface area contributed by atoms with Crippen LogP contribution >= 0.6 is 0 Å². The number of para-hydroxylation sites is 1. The van der Waals surface area contributed by atoms with Crippen LogP contribution in [0.4, 0.5) is 22.7 Å². The number of benzene rings is 7. The van der Waals surface area contributed by atoms with Crippen LogP contribution in [0.2, 0.25) is 0 Å². The first-order valence-corrected chi connectivity index (χ1v) is 24.9. The smallest absolute Gasteiger partial charge is 0.135 e. The fourth-order valence-corrected chi connectivity index (χ4v) is 10.1. The molecule has 0 saturated heterocycles. The van der Waals surface area contributed by atoms with Crippen molar-refractivity contribution < 1.29 is 25.8 Å². The van der Waals surface area contributed by atoms with Crippen molar-refractivity contribution in [2.45, 2.75) is 111 Å². The van der Waals surface area contributed by atoms with Gasteiger partial charge in [0.25, 0.3) is 0 Å². The Morgan fingerprint density at radius 2 is 1.18 bits per heavy atom. The van der Waals surface area contributed by atoms with E-state index in [1.165, 1.54) is 44.5 Å². The summed E-state index contributed by atoms with van der Waals surface area (Å²) >= 11 is 0. The molecule has 364 valence electrons. The molecule has 6 heteroatoms. The number of anilines is 4. The number of hydrogen-bond acceptors (Lipinski definition) is 4. The molecule has 0 unspecified atom stereocenters. The fraction of sp³-hybridized carbons (Fsp3) is 0.262. The van der Waals surface area contributed by atoms with Crippen LogP contribution in [-0.2, 0) is 37.3 Å². The van der Waals surface area contributed by atoms with Gasteiger partial charge in [-0.05, 0) is 115 Å². The van der Waals surface area contributed by atoms with E-state index >= 15 is 0 Å². The van der Waals surface area contributed by atoms with Crippen molar-refractivity contribution in [1.82, 2.24) is 9.55 Å². The first-order valence-electron chi connectivity index (χ1n) is 24.9. The fourth-order valence-electron chi connectivity index (χ4n) is 10.1. The van der Waals surface area contributed by atoms with Gasteiger partial charge in [-0.15, -0.1) is 48.1 Å². The molecule has 71 heavy (non-hydrogen) atoms. The van der Waals surface area contributed by atoms with Crippen LogP contribution in [0.15, 0.2) is 158 Å². The molecule has 1 aliphatic heterocycles. The first kappa shape index (κ1) is 49.6.